The van der Waals surface area contributed by atoms with E-state index >= 15 is 0 Å². The summed E-state index contributed by atoms with van der Waals surface area (Å²) in [5.41, 5.74) is 0. The van der Waals surface area contributed by atoms with Gasteiger partial charge in [0.1, 0.15) is 12.4 Å². The summed E-state index contributed by atoms with van der Waals surface area (Å²) in [6.07, 6.45) is 0.593. The number of hydrogen-bond donors (Lipinski definition) is 1. The minimum atomic E-state index is -3.51. The highest BCUT2D eigenvalue weighted by Crippen LogP contribution is 2.21. The average Bonchev–Trinajstić information content (AvgIpc) is 2.70. The van der Waals surface area contributed by atoms with E-state index in [1.54, 1.807) is 12.1 Å². The van der Waals surface area contributed by atoms with E-state index in [2.05, 4.69) is 0 Å². The van der Waals surface area contributed by atoms with Crippen LogP contribution in [0.25, 0.3) is 0 Å². The highest BCUT2D eigenvalue weighted by Gasteiger charge is 2.27. The molecule has 1 aliphatic heterocycles. The average molecular weight is 315 g/mol. The standard InChI is InChI=1S/C14H21NO5S/c1-12-11-15(7-2-9-19-12)21(17,18)14-5-3-13(4-6-14)20-10-8-16/h3-6,12,16H,2,7-11H2,1H3. The van der Waals surface area contributed by atoms with E-state index in [0.29, 0.717) is 31.9 Å². The molecule has 1 N–H and O–H groups in total. The van der Waals surface area contributed by atoms with Crippen LogP contribution in [0.3, 0.4) is 0 Å². The molecule has 118 valence electrons. The monoisotopic (exact) mass is 315 g/mol. The minimum absolute atomic E-state index is 0.0777. The lowest BCUT2D eigenvalue weighted by Crippen LogP contribution is -2.35. The topological polar surface area (TPSA) is 76.1 Å². The molecule has 7 heteroatoms. The molecule has 0 saturated carbocycles. The Labute approximate surface area is 125 Å². The molecule has 1 aliphatic rings. The van der Waals surface area contributed by atoms with Gasteiger partial charge in [0.25, 0.3) is 0 Å². The van der Waals surface area contributed by atoms with Crippen molar-refractivity contribution in [3.8, 4) is 5.75 Å². The first-order chi connectivity index (χ1) is 10.0. The van der Waals surface area contributed by atoms with Crippen LogP contribution in [0.2, 0.25) is 0 Å². The third-order valence-corrected chi connectivity index (χ3v) is 5.12. The van der Waals surface area contributed by atoms with Gasteiger partial charge in [-0.2, -0.15) is 4.31 Å². The van der Waals surface area contributed by atoms with Crippen molar-refractivity contribution in [3.63, 3.8) is 0 Å². The quantitative estimate of drug-likeness (QED) is 0.872. The predicted molar refractivity (Wildman–Crippen MR) is 77.8 cm³/mol. The number of sulfonamides is 1. The second-order valence-electron chi connectivity index (χ2n) is 4.94. The van der Waals surface area contributed by atoms with Gasteiger partial charge < -0.3 is 14.6 Å². The molecule has 0 spiro atoms. The third-order valence-electron chi connectivity index (χ3n) is 3.24. The first kappa shape index (κ1) is 16.2. The molecule has 1 unspecified atom stereocenters. The van der Waals surface area contributed by atoms with Gasteiger partial charge >= 0.3 is 0 Å². The summed E-state index contributed by atoms with van der Waals surface area (Å²) >= 11 is 0. The predicted octanol–water partition coefficient (Wildman–Crippen LogP) is 0.857. The van der Waals surface area contributed by atoms with Gasteiger partial charge in [-0.1, -0.05) is 0 Å². The summed E-state index contributed by atoms with van der Waals surface area (Å²) in [7, 11) is -3.51. The molecule has 1 saturated heterocycles. The van der Waals surface area contributed by atoms with E-state index in [0.717, 1.165) is 0 Å². The van der Waals surface area contributed by atoms with Crippen molar-refractivity contribution in [1.82, 2.24) is 4.31 Å². The largest absolute Gasteiger partial charge is 0.491 e. The summed E-state index contributed by atoms with van der Waals surface area (Å²) in [5.74, 6) is 0.538. The molecular formula is C14H21NO5S. The van der Waals surface area contributed by atoms with Crippen LogP contribution in [0.5, 0.6) is 5.75 Å². The van der Waals surface area contributed by atoms with Crippen LogP contribution in [0, 0.1) is 0 Å². The van der Waals surface area contributed by atoms with Crippen LogP contribution in [0.1, 0.15) is 13.3 Å². The Balaban J connectivity index is 2.14. The highest BCUT2D eigenvalue weighted by atomic mass is 32.2. The maximum Gasteiger partial charge on any atom is 0.243 e. The van der Waals surface area contributed by atoms with Gasteiger partial charge in [-0.25, -0.2) is 8.42 Å². The van der Waals surface area contributed by atoms with Gasteiger partial charge in [0.15, 0.2) is 0 Å². The molecule has 6 nitrogen and oxygen atoms in total. The fourth-order valence-electron chi connectivity index (χ4n) is 2.19. The van der Waals surface area contributed by atoms with Crippen LogP contribution in [0.15, 0.2) is 29.2 Å². The Bertz CT molecular complexity index is 543. The highest BCUT2D eigenvalue weighted by molar-refractivity contribution is 7.89. The van der Waals surface area contributed by atoms with Crippen molar-refractivity contribution in [2.75, 3.05) is 32.9 Å². The summed E-state index contributed by atoms with van der Waals surface area (Å²) in [6, 6.07) is 6.25. The van der Waals surface area contributed by atoms with Crippen molar-refractivity contribution in [2.45, 2.75) is 24.3 Å². The van der Waals surface area contributed by atoms with E-state index in [-0.39, 0.29) is 24.2 Å². The van der Waals surface area contributed by atoms with Crippen LogP contribution < -0.4 is 4.74 Å². The van der Waals surface area contributed by atoms with Gasteiger partial charge in [0.05, 0.1) is 17.6 Å². The maximum absolute atomic E-state index is 12.6. The van der Waals surface area contributed by atoms with E-state index in [1.165, 1.54) is 16.4 Å². The van der Waals surface area contributed by atoms with Gasteiger partial charge in [0.2, 0.25) is 10.0 Å². The number of ether oxygens (including phenoxy) is 2. The lowest BCUT2D eigenvalue weighted by molar-refractivity contribution is 0.0752. The molecule has 1 heterocycles. The molecule has 0 amide bonds. The van der Waals surface area contributed by atoms with Crippen LogP contribution >= 0.6 is 0 Å². The molecule has 0 radical (unpaired) electrons. The number of aliphatic hydroxyl groups excluding tert-OH is 1. The molecule has 1 aromatic carbocycles. The van der Waals surface area contributed by atoms with Crippen molar-refractivity contribution < 1.29 is 23.0 Å². The molecule has 0 aliphatic carbocycles. The van der Waals surface area contributed by atoms with Crippen molar-refractivity contribution in [3.05, 3.63) is 24.3 Å². The number of hydrogen-bond acceptors (Lipinski definition) is 5. The fraction of sp³-hybridized carbons (Fsp3) is 0.571. The molecule has 1 atom stereocenters. The van der Waals surface area contributed by atoms with E-state index in [4.69, 9.17) is 14.6 Å². The lowest BCUT2D eigenvalue weighted by atomic mass is 10.3. The Morgan fingerprint density at radius 2 is 2.10 bits per heavy atom. The van der Waals surface area contributed by atoms with Gasteiger partial charge in [-0.15, -0.1) is 0 Å². The van der Waals surface area contributed by atoms with E-state index < -0.39 is 10.0 Å². The molecule has 0 aromatic heterocycles. The summed E-state index contributed by atoms with van der Waals surface area (Å²) in [6.45, 7) is 3.40. The van der Waals surface area contributed by atoms with Crippen LogP contribution in [-0.2, 0) is 14.8 Å². The zero-order chi connectivity index (χ0) is 15.3. The summed E-state index contributed by atoms with van der Waals surface area (Å²) in [5, 5.41) is 8.69. The van der Waals surface area contributed by atoms with Gasteiger partial charge in [0, 0.05) is 19.7 Å². The second kappa shape index (κ2) is 7.22. The Morgan fingerprint density at radius 3 is 2.76 bits per heavy atom. The van der Waals surface area contributed by atoms with E-state index in [1.807, 2.05) is 6.92 Å². The molecule has 0 bridgehead atoms. The lowest BCUT2D eigenvalue weighted by Gasteiger charge is -2.21. The SMILES string of the molecule is CC1CN(S(=O)(=O)c2ccc(OCCO)cc2)CCCO1. The Hall–Kier alpha value is -1.15. The Kier molecular flexibility index (Phi) is 5.58. The zero-order valence-corrected chi connectivity index (χ0v) is 12.9. The molecule has 21 heavy (non-hydrogen) atoms. The van der Waals surface area contributed by atoms with Crippen molar-refractivity contribution in [1.29, 1.82) is 0 Å². The smallest absolute Gasteiger partial charge is 0.243 e. The summed E-state index contributed by atoms with van der Waals surface area (Å²) < 4.78 is 37.4. The number of rotatable bonds is 5. The fourth-order valence-corrected chi connectivity index (χ4v) is 3.75. The first-order valence-electron chi connectivity index (χ1n) is 6.99. The first-order valence-corrected chi connectivity index (χ1v) is 8.43. The van der Waals surface area contributed by atoms with E-state index in [9.17, 15) is 8.42 Å². The number of aliphatic hydroxyl groups is 1. The molecule has 1 aromatic rings. The third kappa shape index (κ3) is 4.16. The molecular weight excluding hydrogens is 294 g/mol. The zero-order valence-electron chi connectivity index (χ0n) is 12.1. The number of nitrogens with zero attached hydrogens (tertiary/aromatic N) is 1. The summed E-state index contributed by atoms with van der Waals surface area (Å²) in [4.78, 5) is 0.243. The minimum Gasteiger partial charge on any atom is -0.491 e. The van der Waals surface area contributed by atoms with Gasteiger partial charge in [-0.05, 0) is 37.6 Å². The van der Waals surface area contributed by atoms with Crippen LogP contribution in [0.4, 0.5) is 0 Å². The maximum atomic E-state index is 12.6. The van der Waals surface area contributed by atoms with Crippen LogP contribution in [-0.4, -0.2) is 56.8 Å². The normalized spacial score (nSPS) is 21.0. The number of benzene rings is 1. The van der Waals surface area contributed by atoms with Gasteiger partial charge in [-0.3, -0.25) is 0 Å². The second-order valence-corrected chi connectivity index (χ2v) is 6.88. The Morgan fingerprint density at radius 1 is 1.38 bits per heavy atom. The molecule has 2 rings (SSSR count). The van der Waals surface area contributed by atoms with Crippen molar-refractivity contribution in [2.24, 2.45) is 0 Å². The van der Waals surface area contributed by atoms with Crippen molar-refractivity contribution >= 4 is 10.0 Å². The molecule has 1 fully saturated rings.